The number of ether oxygens (including phenoxy) is 2. The van der Waals surface area contributed by atoms with Crippen LogP contribution in [0.25, 0.3) is 0 Å². The second-order valence-electron chi connectivity index (χ2n) is 8.79. The number of Topliss-reactive ketones (excluding diaryl/α,β-unsaturated/α-hetero) is 1. The fraction of sp³-hybridized carbons (Fsp3) is 0.417. The minimum absolute atomic E-state index is 0.181. The Morgan fingerprint density at radius 2 is 1.64 bits per heavy atom. The zero-order chi connectivity index (χ0) is 20.0. The van der Waals surface area contributed by atoms with Crippen LogP contribution in [0.2, 0.25) is 0 Å². The molecule has 3 atom stereocenters. The first-order chi connectivity index (χ1) is 13.3. The van der Waals surface area contributed by atoms with Gasteiger partial charge in [-0.25, -0.2) is 4.79 Å². The summed E-state index contributed by atoms with van der Waals surface area (Å²) < 4.78 is 12.2. The number of rotatable bonds is 3. The Hall–Kier alpha value is -2.46. The second kappa shape index (κ2) is 6.56. The van der Waals surface area contributed by atoms with Crippen LogP contribution in [0.1, 0.15) is 57.1 Å². The maximum absolute atomic E-state index is 13.4. The van der Waals surface area contributed by atoms with E-state index < -0.39 is 22.8 Å². The van der Waals surface area contributed by atoms with Gasteiger partial charge in [-0.1, -0.05) is 60.7 Å². The summed E-state index contributed by atoms with van der Waals surface area (Å²) in [6, 6.07) is 19.6. The summed E-state index contributed by atoms with van der Waals surface area (Å²) in [5.41, 5.74) is -1.02. The molecule has 2 heterocycles. The number of esters is 1. The molecule has 2 aliphatic rings. The number of carbonyl (C=O) groups is 2. The summed E-state index contributed by atoms with van der Waals surface area (Å²) in [6.07, 6.45) is 1.45. The molecule has 0 aromatic heterocycles. The molecule has 2 aromatic rings. The maximum Gasteiger partial charge on any atom is 0.347 e. The normalized spacial score (nSPS) is 29.5. The van der Waals surface area contributed by atoms with Crippen LogP contribution in [0, 0.1) is 0 Å². The fourth-order valence-electron chi connectivity index (χ4n) is 4.55. The average Bonchev–Trinajstić information content (AvgIpc) is 2.98. The molecule has 3 unspecified atom stereocenters. The Balaban J connectivity index is 1.86. The van der Waals surface area contributed by atoms with Crippen LogP contribution in [0.3, 0.4) is 0 Å². The first kappa shape index (κ1) is 18.9. The predicted octanol–water partition coefficient (Wildman–Crippen LogP) is 4.53. The highest BCUT2D eigenvalue weighted by Gasteiger charge is 2.68. The molecule has 2 fully saturated rings. The molecule has 4 rings (SSSR count). The van der Waals surface area contributed by atoms with E-state index >= 15 is 0 Å². The first-order valence-electron chi connectivity index (χ1n) is 9.84. The van der Waals surface area contributed by atoms with Gasteiger partial charge in [-0.2, -0.15) is 0 Å². The van der Waals surface area contributed by atoms with E-state index in [1.54, 1.807) is 0 Å². The van der Waals surface area contributed by atoms with Crippen LogP contribution in [0.5, 0.6) is 0 Å². The molecule has 2 aromatic carbocycles. The van der Waals surface area contributed by atoms with Crippen molar-refractivity contribution < 1.29 is 19.1 Å². The molecule has 0 saturated carbocycles. The van der Waals surface area contributed by atoms with Crippen molar-refractivity contribution in [3.05, 3.63) is 71.8 Å². The smallest absolute Gasteiger partial charge is 0.347 e. The molecule has 0 amide bonds. The van der Waals surface area contributed by atoms with Gasteiger partial charge in [0.15, 0.2) is 5.78 Å². The molecule has 0 N–H and O–H groups in total. The Bertz CT molecular complexity index is 884. The van der Waals surface area contributed by atoms with E-state index in [1.165, 1.54) is 0 Å². The van der Waals surface area contributed by atoms with Crippen molar-refractivity contribution in [1.29, 1.82) is 0 Å². The van der Waals surface area contributed by atoms with E-state index in [0.29, 0.717) is 19.3 Å². The number of carbonyl (C=O) groups excluding carboxylic acids is 2. The van der Waals surface area contributed by atoms with Gasteiger partial charge in [-0.15, -0.1) is 0 Å². The highest BCUT2D eigenvalue weighted by Crippen LogP contribution is 2.59. The van der Waals surface area contributed by atoms with Crippen molar-refractivity contribution in [2.24, 2.45) is 0 Å². The lowest BCUT2D eigenvalue weighted by Gasteiger charge is -2.40. The molecule has 0 aliphatic carbocycles. The van der Waals surface area contributed by atoms with Gasteiger partial charge in [0.1, 0.15) is 5.60 Å². The lowest BCUT2D eigenvalue weighted by molar-refractivity contribution is -0.202. The molecule has 2 aliphatic heterocycles. The monoisotopic (exact) mass is 378 g/mol. The Kier molecular flexibility index (Phi) is 4.42. The SMILES string of the molecule is CC(C)(C)OC(=O)C12OC(c3ccccc3)(CCC1=O)CC2c1ccccc1. The molecule has 146 valence electrons. The van der Waals surface area contributed by atoms with E-state index in [9.17, 15) is 9.59 Å². The van der Waals surface area contributed by atoms with Gasteiger partial charge in [0.05, 0.1) is 5.60 Å². The van der Waals surface area contributed by atoms with Crippen molar-refractivity contribution in [3.63, 3.8) is 0 Å². The number of fused-ring (bicyclic) bond motifs is 2. The third kappa shape index (κ3) is 2.96. The molecule has 4 heteroatoms. The largest absolute Gasteiger partial charge is 0.457 e. The van der Waals surface area contributed by atoms with Crippen molar-refractivity contribution in [2.45, 2.75) is 62.8 Å². The predicted molar refractivity (Wildman–Crippen MR) is 106 cm³/mol. The third-order valence-corrected chi connectivity index (χ3v) is 5.76. The van der Waals surface area contributed by atoms with Crippen LogP contribution < -0.4 is 0 Å². The van der Waals surface area contributed by atoms with Crippen molar-refractivity contribution >= 4 is 11.8 Å². The van der Waals surface area contributed by atoms with Gasteiger partial charge >= 0.3 is 5.97 Å². The number of benzene rings is 2. The standard InChI is InChI=1S/C24H26O4/c1-22(2,3)27-21(26)24-19(17-10-6-4-7-11-17)16-23(28-24,15-14-20(24)25)18-12-8-5-9-13-18/h4-13,19H,14-16H2,1-3H3. The van der Waals surface area contributed by atoms with Gasteiger partial charge in [-0.3, -0.25) is 4.79 Å². The van der Waals surface area contributed by atoms with Gasteiger partial charge < -0.3 is 9.47 Å². The highest BCUT2D eigenvalue weighted by molar-refractivity contribution is 6.09. The van der Waals surface area contributed by atoms with Crippen LogP contribution in [-0.4, -0.2) is 23.0 Å². The van der Waals surface area contributed by atoms with Crippen LogP contribution in [-0.2, 0) is 24.7 Å². The zero-order valence-electron chi connectivity index (χ0n) is 16.6. The van der Waals surface area contributed by atoms with Crippen LogP contribution in [0.15, 0.2) is 60.7 Å². The van der Waals surface area contributed by atoms with Crippen LogP contribution in [0.4, 0.5) is 0 Å². The van der Waals surface area contributed by atoms with Crippen molar-refractivity contribution in [2.75, 3.05) is 0 Å². The number of hydrogen-bond acceptors (Lipinski definition) is 4. The molecule has 28 heavy (non-hydrogen) atoms. The van der Waals surface area contributed by atoms with E-state index in [2.05, 4.69) is 0 Å². The van der Waals surface area contributed by atoms with E-state index in [-0.39, 0.29) is 11.7 Å². The van der Waals surface area contributed by atoms with Gasteiger partial charge in [0, 0.05) is 12.3 Å². The van der Waals surface area contributed by atoms with Gasteiger partial charge in [0.2, 0.25) is 5.60 Å². The summed E-state index contributed by atoms with van der Waals surface area (Å²) in [7, 11) is 0. The van der Waals surface area contributed by atoms with Crippen LogP contribution >= 0.6 is 0 Å². The van der Waals surface area contributed by atoms with Gasteiger partial charge in [0.25, 0.3) is 0 Å². The first-order valence-corrected chi connectivity index (χ1v) is 9.84. The summed E-state index contributed by atoms with van der Waals surface area (Å²) in [5.74, 6) is -1.13. The molecule has 0 spiro atoms. The zero-order valence-corrected chi connectivity index (χ0v) is 16.6. The van der Waals surface area contributed by atoms with Crippen molar-refractivity contribution in [1.82, 2.24) is 0 Å². The topological polar surface area (TPSA) is 52.6 Å². The number of hydrogen-bond donors (Lipinski definition) is 0. The Morgan fingerprint density at radius 3 is 2.25 bits per heavy atom. The highest BCUT2D eigenvalue weighted by atomic mass is 16.6. The summed E-state index contributed by atoms with van der Waals surface area (Å²) in [4.78, 5) is 26.6. The minimum atomic E-state index is -1.59. The molecule has 2 saturated heterocycles. The molecular formula is C24H26O4. The second-order valence-corrected chi connectivity index (χ2v) is 8.79. The van der Waals surface area contributed by atoms with Gasteiger partial charge in [-0.05, 0) is 44.7 Å². The lowest BCUT2D eigenvalue weighted by Crippen LogP contribution is -2.56. The molecule has 2 bridgehead atoms. The maximum atomic E-state index is 13.4. The van der Waals surface area contributed by atoms with Crippen molar-refractivity contribution in [3.8, 4) is 0 Å². The summed E-state index contributed by atoms with van der Waals surface area (Å²) in [6.45, 7) is 5.43. The Labute approximate surface area is 165 Å². The fourth-order valence-corrected chi connectivity index (χ4v) is 4.55. The van der Waals surface area contributed by atoms with E-state index in [4.69, 9.17) is 9.47 Å². The molecular weight excluding hydrogens is 352 g/mol. The van der Waals surface area contributed by atoms with E-state index in [1.807, 2.05) is 81.4 Å². The van der Waals surface area contributed by atoms with E-state index in [0.717, 1.165) is 11.1 Å². The Morgan fingerprint density at radius 1 is 1.04 bits per heavy atom. The minimum Gasteiger partial charge on any atom is -0.457 e. The number of ketones is 1. The molecule has 4 nitrogen and oxygen atoms in total. The quantitative estimate of drug-likeness (QED) is 0.582. The summed E-state index contributed by atoms with van der Waals surface area (Å²) >= 11 is 0. The summed E-state index contributed by atoms with van der Waals surface area (Å²) in [5, 5.41) is 0. The third-order valence-electron chi connectivity index (χ3n) is 5.76. The molecule has 0 radical (unpaired) electrons. The average molecular weight is 378 g/mol. The lowest BCUT2D eigenvalue weighted by atomic mass is 9.78.